The van der Waals surface area contributed by atoms with E-state index in [9.17, 15) is 4.79 Å². The molecule has 0 spiro atoms. The van der Waals surface area contributed by atoms with E-state index in [1.54, 1.807) is 0 Å². The number of ketones is 1. The largest absolute Gasteiger partial charge is 0.391 e. The van der Waals surface area contributed by atoms with E-state index in [0.29, 0.717) is 5.78 Å². The van der Waals surface area contributed by atoms with Crippen LogP contribution >= 0.6 is 11.3 Å². The van der Waals surface area contributed by atoms with Crippen molar-refractivity contribution in [2.45, 2.75) is 38.5 Å². The van der Waals surface area contributed by atoms with Crippen LogP contribution in [0.3, 0.4) is 0 Å². The maximum atomic E-state index is 12.9. The van der Waals surface area contributed by atoms with E-state index >= 15 is 0 Å². The summed E-state index contributed by atoms with van der Waals surface area (Å²) in [5.74, 6) is 2.90. The fraction of sp³-hybridized carbons (Fsp3) is 0.667. The van der Waals surface area contributed by atoms with Crippen molar-refractivity contribution in [1.29, 1.82) is 0 Å². The van der Waals surface area contributed by atoms with E-state index in [4.69, 9.17) is 5.73 Å². The van der Waals surface area contributed by atoms with Crippen LogP contribution in [-0.4, -0.2) is 5.78 Å². The lowest BCUT2D eigenvalue weighted by Crippen LogP contribution is -2.49. The number of carbonyl (C=O) groups excluding carboxylic acids is 1. The summed E-state index contributed by atoms with van der Waals surface area (Å²) in [6.07, 6.45) is 7.61. The molecule has 18 heavy (non-hydrogen) atoms. The van der Waals surface area contributed by atoms with Crippen molar-refractivity contribution in [2.24, 2.45) is 23.2 Å². The van der Waals surface area contributed by atoms with Crippen LogP contribution in [0, 0.1) is 23.2 Å². The Labute approximate surface area is 112 Å². The summed E-state index contributed by atoms with van der Waals surface area (Å²) < 4.78 is 0. The van der Waals surface area contributed by atoms with Crippen LogP contribution in [0.5, 0.6) is 0 Å². The van der Waals surface area contributed by atoms with Crippen LogP contribution < -0.4 is 5.73 Å². The number of hydrogen-bond acceptors (Lipinski definition) is 3. The lowest BCUT2D eigenvalue weighted by Gasteiger charge is -2.55. The minimum absolute atomic E-state index is 0.00789. The summed E-state index contributed by atoms with van der Waals surface area (Å²) in [4.78, 5) is 13.8. The quantitative estimate of drug-likeness (QED) is 0.824. The van der Waals surface area contributed by atoms with Crippen LogP contribution in [0.25, 0.3) is 0 Å². The van der Waals surface area contributed by atoms with Gasteiger partial charge in [-0.1, -0.05) is 0 Å². The number of carbonyl (C=O) groups is 1. The molecule has 4 bridgehead atoms. The van der Waals surface area contributed by atoms with Gasteiger partial charge in [-0.2, -0.15) is 0 Å². The summed E-state index contributed by atoms with van der Waals surface area (Å²) in [5.41, 5.74) is 5.77. The Morgan fingerprint density at radius 2 is 1.67 bits per heavy atom. The van der Waals surface area contributed by atoms with Crippen molar-refractivity contribution in [3.8, 4) is 0 Å². The highest BCUT2D eigenvalue weighted by Gasteiger charge is 2.54. The lowest BCUT2D eigenvalue weighted by atomic mass is 9.48. The van der Waals surface area contributed by atoms with Crippen LogP contribution in [0.15, 0.2) is 12.1 Å². The summed E-state index contributed by atoms with van der Waals surface area (Å²) in [5, 5.41) is 0.767. The minimum Gasteiger partial charge on any atom is -0.391 e. The molecule has 3 heteroatoms. The molecule has 4 aliphatic carbocycles. The molecule has 0 atom stereocenters. The van der Waals surface area contributed by atoms with Crippen molar-refractivity contribution >= 4 is 22.1 Å². The first-order valence-electron chi connectivity index (χ1n) is 7.05. The van der Waals surface area contributed by atoms with Crippen LogP contribution in [-0.2, 0) is 0 Å². The molecule has 2 N–H and O–H groups in total. The van der Waals surface area contributed by atoms with Crippen LogP contribution in [0.1, 0.15) is 48.2 Å². The highest BCUT2D eigenvalue weighted by atomic mass is 32.1. The molecule has 0 aliphatic heterocycles. The maximum absolute atomic E-state index is 12.9. The molecule has 4 fully saturated rings. The first kappa shape index (κ1) is 11.0. The number of nitrogens with two attached hydrogens (primary N) is 1. The van der Waals surface area contributed by atoms with Crippen molar-refractivity contribution < 1.29 is 4.79 Å². The Morgan fingerprint density at radius 3 is 2.11 bits per heavy atom. The number of rotatable bonds is 2. The second kappa shape index (κ2) is 3.60. The topological polar surface area (TPSA) is 43.1 Å². The van der Waals surface area contributed by atoms with E-state index in [2.05, 4.69) is 0 Å². The highest BCUT2D eigenvalue weighted by Crippen LogP contribution is 2.61. The second-order valence-electron chi connectivity index (χ2n) is 6.73. The number of hydrogen-bond donors (Lipinski definition) is 1. The van der Waals surface area contributed by atoms with E-state index in [-0.39, 0.29) is 5.41 Å². The fourth-order valence-electron chi connectivity index (χ4n) is 5.12. The summed E-state index contributed by atoms with van der Waals surface area (Å²) >= 11 is 1.47. The van der Waals surface area contributed by atoms with E-state index in [1.807, 2.05) is 12.1 Å². The average Bonchev–Trinajstić information content (AvgIpc) is 2.73. The third-order valence-electron chi connectivity index (χ3n) is 5.37. The van der Waals surface area contributed by atoms with Gasteiger partial charge in [-0.25, -0.2) is 0 Å². The maximum Gasteiger partial charge on any atom is 0.179 e. The van der Waals surface area contributed by atoms with Gasteiger partial charge in [0.2, 0.25) is 0 Å². The Hall–Kier alpha value is -0.830. The number of Topliss-reactive ketones (excluding diaryl/α,β-unsaturated/α-hetero) is 1. The van der Waals surface area contributed by atoms with Crippen molar-refractivity contribution in [2.75, 3.05) is 5.73 Å². The molecular formula is C15H19NOS. The molecule has 0 unspecified atom stereocenters. The minimum atomic E-state index is -0.00789. The van der Waals surface area contributed by atoms with Gasteiger partial charge in [0.1, 0.15) is 0 Å². The van der Waals surface area contributed by atoms with Crippen LogP contribution in [0.4, 0.5) is 5.00 Å². The number of nitrogen functional groups attached to an aromatic ring is 1. The summed E-state index contributed by atoms with van der Waals surface area (Å²) in [6.45, 7) is 0. The molecule has 0 radical (unpaired) electrons. The summed E-state index contributed by atoms with van der Waals surface area (Å²) in [7, 11) is 0. The molecule has 1 aromatic heterocycles. The van der Waals surface area contributed by atoms with Gasteiger partial charge in [0, 0.05) is 5.41 Å². The SMILES string of the molecule is Nc1ccc(C(=O)C23CC4CC(CC(C4)C2)C3)s1. The molecule has 1 aromatic rings. The third-order valence-corrected chi connectivity index (χ3v) is 6.28. The lowest BCUT2D eigenvalue weighted by molar-refractivity contribution is -0.0350. The van der Waals surface area contributed by atoms with Crippen molar-refractivity contribution in [1.82, 2.24) is 0 Å². The van der Waals surface area contributed by atoms with E-state index < -0.39 is 0 Å². The smallest absolute Gasteiger partial charge is 0.179 e. The normalized spacial score (nSPS) is 41.2. The van der Waals surface area contributed by atoms with Crippen molar-refractivity contribution in [3.05, 3.63) is 17.0 Å². The van der Waals surface area contributed by atoms with Gasteiger partial charge in [0.15, 0.2) is 5.78 Å². The monoisotopic (exact) mass is 261 g/mol. The number of thiophene rings is 1. The standard InChI is InChI=1S/C15H19NOS/c16-13-2-1-12(18-13)14(17)15-6-9-3-10(7-15)5-11(4-9)8-15/h1-2,9-11H,3-8,16H2. The van der Waals surface area contributed by atoms with E-state index in [1.165, 1.54) is 30.6 Å². The second-order valence-corrected chi connectivity index (χ2v) is 7.84. The Bertz CT molecular complexity index is 469. The number of anilines is 1. The predicted molar refractivity (Wildman–Crippen MR) is 73.7 cm³/mol. The zero-order chi connectivity index (χ0) is 12.3. The Kier molecular flexibility index (Phi) is 2.20. The van der Waals surface area contributed by atoms with Gasteiger partial charge in [0.25, 0.3) is 0 Å². The fourth-order valence-corrected chi connectivity index (χ4v) is 5.96. The predicted octanol–water partition coefficient (Wildman–Crippen LogP) is 3.73. The van der Waals surface area contributed by atoms with Gasteiger partial charge in [-0.3, -0.25) is 4.79 Å². The Morgan fingerprint density at radius 1 is 1.11 bits per heavy atom. The summed E-state index contributed by atoms with van der Waals surface area (Å²) in [6, 6.07) is 3.80. The molecule has 4 saturated carbocycles. The molecule has 5 rings (SSSR count). The molecular weight excluding hydrogens is 242 g/mol. The highest BCUT2D eigenvalue weighted by molar-refractivity contribution is 7.17. The zero-order valence-corrected chi connectivity index (χ0v) is 11.3. The van der Waals surface area contributed by atoms with Gasteiger partial charge < -0.3 is 5.73 Å². The van der Waals surface area contributed by atoms with Crippen molar-refractivity contribution in [3.63, 3.8) is 0 Å². The van der Waals surface area contributed by atoms with Gasteiger partial charge in [-0.15, -0.1) is 11.3 Å². The molecule has 2 nitrogen and oxygen atoms in total. The molecule has 0 aromatic carbocycles. The Balaban J connectivity index is 1.69. The van der Waals surface area contributed by atoms with E-state index in [0.717, 1.165) is 46.9 Å². The third kappa shape index (κ3) is 1.49. The molecule has 96 valence electrons. The first-order chi connectivity index (χ1) is 8.64. The molecule has 0 saturated heterocycles. The van der Waals surface area contributed by atoms with Crippen LogP contribution in [0.2, 0.25) is 0 Å². The van der Waals surface area contributed by atoms with Gasteiger partial charge in [0.05, 0.1) is 9.88 Å². The molecule has 0 amide bonds. The first-order valence-corrected chi connectivity index (χ1v) is 7.86. The molecule has 1 heterocycles. The average molecular weight is 261 g/mol. The van der Waals surface area contributed by atoms with Gasteiger partial charge >= 0.3 is 0 Å². The van der Waals surface area contributed by atoms with Gasteiger partial charge in [-0.05, 0) is 68.4 Å². The molecule has 4 aliphatic rings. The zero-order valence-electron chi connectivity index (χ0n) is 10.5.